The van der Waals surface area contributed by atoms with Crippen LogP contribution in [0.2, 0.25) is 0 Å². The monoisotopic (exact) mass is 443 g/mol. The molecule has 0 atom stereocenters. The standard InChI is InChI=1S/C22H25N3O5S/c1-21(2)14-13(18-23-16(25-29-18)10-8-9-10)19(31-15(14)22(3,4)30-21)24-17(26)11-6-5-7-12(11)20(27)28/h10H,5-9H2,1-4H3,(H,24,26)(H,27,28). The van der Waals surface area contributed by atoms with Gasteiger partial charge in [-0.15, -0.1) is 11.3 Å². The van der Waals surface area contributed by atoms with E-state index in [1.165, 1.54) is 11.3 Å². The molecule has 2 N–H and O–H groups in total. The van der Waals surface area contributed by atoms with E-state index < -0.39 is 17.2 Å². The highest BCUT2D eigenvalue weighted by Gasteiger charge is 2.49. The third kappa shape index (κ3) is 3.30. The predicted octanol–water partition coefficient (Wildman–Crippen LogP) is 4.68. The predicted molar refractivity (Wildman–Crippen MR) is 114 cm³/mol. The molecule has 1 amide bonds. The quantitative estimate of drug-likeness (QED) is 0.689. The molecule has 164 valence electrons. The maximum Gasteiger partial charge on any atom is 0.332 e. The Morgan fingerprint density at radius 1 is 1.13 bits per heavy atom. The molecule has 1 saturated carbocycles. The fourth-order valence-corrected chi connectivity index (χ4v) is 6.09. The van der Waals surface area contributed by atoms with Crippen molar-refractivity contribution < 1.29 is 24.0 Å². The molecule has 1 fully saturated rings. The number of carbonyl (C=O) groups is 2. The van der Waals surface area contributed by atoms with E-state index in [-0.39, 0.29) is 11.5 Å². The summed E-state index contributed by atoms with van der Waals surface area (Å²) in [4.78, 5) is 30.2. The number of aromatic nitrogens is 2. The summed E-state index contributed by atoms with van der Waals surface area (Å²) in [6, 6.07) is 0. The van der Waals surface area contributed by atoms with Gasteiger partial charge in [0.2, 0.25) is 0 Å². The highest BCUT2D eigenvalue weighted by molar-refractivity contribution is 7.17. The van der Waals surface area contributed by atoms with Crippen LogP contribution in [0.3, 0.4) is 0 Å². The topological polar surface area (TPSA) is 115 Å². The number of ether oxygens (including phenoxy) is 1. The molecule has 9 heteroatoms. The van der Waals surface area contributed by atoms with Gasteiger partial charge in [0, 0.05) is 27.5 Å². The molecule has 0 radical (unpaired) electrons. The zero-order valence-electron chi connectivity index (χ0n) is 18.0. The molecular weight excluding hydrogens is 418 g/mol. The largest absolute Gasteiger partial charge is 0.478 e. The first-order valence-electron chi connectivity index (χ1n) is 10.6. The number of carbonyl (C=O) groups excluding carboxylic acids is 1. The third-order valence-corrected chi connectivity index (χ3v) is 7.55. The second kappa shape index (κ2) is 6.74. The molecule has 8 nitrogen and oxygen atoms in total. The number of amides is 1. The maximum absolute atomic E-state index is 13.1. The minimum Gasteiger partial charge on any atom is -0.478 e. The number of anilines is 1. The van der Waals surface area contributed by atoms with Crippen LogP contribution in [0.5, 0.6) is 0 Å². The highest BCUT2D eigenvalue weighted by atomic mass is 32.1. The molecule has 2 aromatic heterocycles. The van der Waals surface area contributed by atoms with Crippen molar-refractivity contribution >= 4 is 28.2 Å². The molecule has 0 bridgehead atoms. The number of carboxylic acid groups (broad SMARTS) is 1. The Kier molecular flexibility index (Phi) is 4.43. The summed E-state index contributed by atoms with van der Waals surface area (Å²) in [5, 5.41) is 17.2. The second-order valence-corrected chi connectivity index (χ2v) is 10.5. The summed E-state index contributed by atoms with van der Waals surface area (Å²) >= 11 is 1.43. The van der Waals surface area contributed by atoms with Crippen LogP contribution in [-0.4, -0.2) is 27.1 Å². The normalized spacial score (nSPS) is 21.4. The van der Waals surface area contributed by atoms with Gasteiger partial charge in [0.25, 0.3) is 11.8 Å². The summed E-state index contributed by atoms with van der Waals surface area (Å²) < 4.78 is 11.9. The first-order valence-corrected chi connectivity index (χ1v) is 11.4. The Bertz CT molecular complexity index is 1140. The number of carboxylic acids is 1. The van der Waals surface area contributed by atoms with Crippen LogP contribution >= 0.6 is 11.3 Å². The number of hydrogen-bond donors (Lipinski definition) is 2. The second-order valence-electron chi connectivity index (χ2n) is 9.43. The molecule has 0 saturated heterocycles. The lowest BCUT2D eigenvalue weighted by molar-refractivity contribution is -0.133. The zero-order chi connectivity index (χ0) is 22.1. The Hall–Kier alpha value is -2.52. The van der Waals surface area contributed by atoms with Gasteiger partial charge in [0.15, 0.2) is 5.82 Å². The maximum atomic E-state index is 13.1. The van der Waals surface area contributed by atoms with E-state index in [1.54, 1.807) is 0 Å². The Morgan fingerprint density at radius 3 is 2.52 bits per heavy atom. The van der Waals surface area contributed by atoms with Crippen LogP contribution in [0.1, 0.15) is 82.0 Å². The van der Waals surface area contributed by atoms with Crippen molar-refractivity contribution in [3.05, 3.63) is 27.4 Å². The van der Waals surface area contributed by atoms with E-state index in [9.17, 15) is 14.7 Å². The molecule has 0 unspecified atom stereocenters. The lowest BCUT2D eigenvalue weighted by Gasteiger charge is -2.26. The molecule has 3 heterocycles. The van der Waals surface area contributed by atoms with Crippen LogP contribution in [-0.2, 0) is 25.5 Å². The van der Waals surface area contributed by atoms with Crippen molar-refractivity contribution in [3.8, 4) is 11.5 Å². The van der Waals surface area contributed by atoms with Crippen LogP contribution < -0.4 is 5.32 Å². The van der Waals surface area contributed by atoms with Crippen molar-refractivity contribution in [2.24, 2.45) is 0 Å². The fourth-order valence-electron chi connectivity index (χ4n) is 4.71. The molecule has 31 heavy (non-hydrogen) atoms. The average Bonchev–Trinajstić information content (AvgIpc) is 3.07. The van der Waals surface area contributed by atoms with Crippen molar-refractivity contribution in [2.75, 3.05) is 5.32 Å². The SMILES string of the molecule is CC1(C)OC(C)(C)c2c1sc(NC(=O)C1=C(C(=O)O)CCC1)c2-c1nc(C2CC2)no1. The van der Waals surface area contributed by atoms with Crippen LogP contribution in [0.4, 0.5) is 5.00 Å². The molecule has 5 rings (SSSR count). The van der Waals surface area contributed by atoms with Crippen LogP contribution in [0.15, 0.2) is 15.7 Å². The summed E-state index contributed by atoms with van der Waals surface area (Å²) in [5.74, 6) is -0.0183. The van der Waals surface area contributed by atoms with Gasteiger partial charge in [0.1, 0.15) is 5.00 Å². The molecule has 3 aliphatic rings. The Labute approximate surface area is 183 Å². The number of nitrogens with one attached hydrogen (secondary N) is 1. The van der Waals surface area contributed by atoms with Gasteiger partial charge >= 0.3 is 5.97 Å². The van der Waals surface area contributed by atoms with Gasteiger partial charge in [-0.05, 0) is 59.8 Å². The van der Waals surface area contributed by atoms with E-state index in [1.807, 2.05) is 27.7 Å². The Balaban J connectivity index is 1.61. The smallest absolute Gasteiger partial charge is 0.332 e. The number of nitrogens with zero attached hydrogens (tertiary/aromatic N) is 2. The van der Waals surface area contributed by atoms with Gasteiger partial charge in [-0.25, -0.2) is 4.79 Å². The van der Waals surface area contributed by atoms with Crippen molar-refractivity contribution in [1.82, 2.24) is 10.1 Å². The van der Waals surface area contributed by atoms with Crippen molar-refractivity contribution in [1.29, 1.82) is 0 Å². The summed E-state index contributed by atoms with van der Waals surface area (Å²) in [6.07, 6.45) is 3.64. The van der Waals surface area contributed by atoms with E-state index in [0.29, 0.717) is 53.0 Å². The minimum absolute atomic E-state index is 0.195. The minimum atomic E-state index is -1.03. The van der Waals surface area contributed by atoms with Gasteiger partial charge in [-0.1, -0.05) is 5.16 Å². The molecule has 0 aromatic carbocycles. The van der Waals surface area contributed by atoms with E-state index in [2.05, 4.69) is 15.5 Å². The lowest BCUT2D eigenvalue weighted by atomic mass is 9.94. The summed E-state index contributed by atoms with van der Waals surface area (Å²) in [6.45, 7) is 7.97. The third-order valence-electron chi connectivity index (χ3n) is 6.14. The number of aliphatic carboxylic acids is 1. The van der Waals surface area contributed by atoms with E-state index in [4.69, 9.17) is 9.26 Å². The van der Waals surface area contributed by atoms with E-state index >= 15 is 0 Å². The van der Waals surface area contributed by atoms with Crippen LogP contribution in [0, 0.1) is 0 Å². The number of hydrogen-bond acceptors (Lipinski definition) is 7. The van der Waals surface area contributed by atoms with Crippen molar-refractivity contribution in [3.63, 3.8) is 0 Å². The molecule has 0 spiro atoms. The number of fused-ring (bicyclic) bond motifs is 1. The molecule has 2 aliphatic carbocycles. The van der Waals surface area contributed by atoms with Gasteiger partial charge in [-0.2, -0.15) is 4.98 Å². The summed E-state index contributed by atoms with van der Waals surface area (Å²) in [7, 11) is 0. The first-order chi connectivity index (χ1) is 14.6. The van der Waals surface area contributed by atoms with Gasteiger partial charge in [0.05, 0.1) is 16.8 Å². The summed E-state index contributed by atoms with van der Waals surface area (Å²) in [5.41, 5.74) is 0.994. The highest BCUT2D eigenvalue weighted by Crippen LogP contribution is 2.57. The number of rotatable bonds is 5. The lowest BCUT2D eigenvalue weighted by Crippen LogP contribution is -2.23. The molecule has 2 aromatic rings. The zero-order valence-corrected chi connectivity index (χ0v) is 18.8. The fraction of sp³-hybridized carbons (Fsp3) is 0.545. The van der Waals surface area contributed by atoms with E-state index in [0.717, 1.165) is 23.3 Å². The van der Waals surface area contributed by atoms with Gasteiger partial charge < -0.3 is 19.7 Å². The van der Waals surface area contributed by atoms with Crippen LogP contribution in [0.25, 0.3) is 11.5 Å². The first kappa shape index (κ1) is 20.4. The van der Waals surface area contributed by atoms with Gasteiger partial charge in [-0.3, -0.25) is 4.79 Å². The van der Waals surface area contributed by atoms with Crippen molar-refractivity contribution in [2.45, 2.75) is 76.9 Å². The molecular formula is C22H25N3O5S. The number of thiophene rings is 1. The molecule has 1 aliphatic heterocycles. The average molecular weight is 444 g/mol. The Morgan fingerprint density at radius 2 is 1.84 bits per heavy atom.